The molecule has 0 atom stereocenters. The van der Waals surface area contributed by atoms with E-state index in [0.29, 0.717) is 22.0 Å². The predicted molar refractivity (Wildman–Crippen MR) is 72.5 cm³/mol. The Kier molecular flexibility index (Phi) is 3.59. The molecule has 3 rings (SSSR count). The molecule has 1 fully saturated rings. The SMILES string of the molecule is N=C(N)c1ccnc(Sc2nnnn2C2CCCC2)n1. The zero-order valence-electron chi connectivity index (χ0n) is 10.7. The molecule has 104 valence electrons. The number of amidine groups is 1. The molecule has 1 aliphatic carbocycles. The van der Waals surface area contributed by atoms with Crippen LogP contribution in [0.4, 0.5) is 0 Å². The number of nitrogens with two attached hydrogens (primary N) is 1. The van der Waals surface area contributed by atoms with Crippen molar-refractivity contribution < 1.29 is 0 Å². The van der Waals surface area contributed by atoms with Crippen LogP contribution in [0.2, 0.25) is 0 Å². The van der Waals surface area contributed by atoms with E-state index in [4.69, 9.17) is 11.1 Å². The van der Waals surface area contributed by atoms with Gasteiger partial charge in [0.25, 0.3) is 0 Å². The van der Waals surface area contributed by atoms with Gasteiger partial charge in [0.15, 0.2) is 5.16 Å². The van der Waals surface area contributed by atoms with E-state index in [0.717, 1.165) is 12.8 Å². The molecule has 0 spiro atoms. The molecule has 0 aromatic carbocycles. The number of hydrogen-bond donors (Lipinski definition) is 2. The Balaban J connectivity index is 1.82. The number of hydrogen-bond acceptors (Lipinski definition) is 7. The van der Waals surface area contributed by atoms with Crippen molar-refractivity contribution in [3.8, 4) is 0 Å². The third-order valence-electron chi connectivity index (χ3n) is 3.23. The van der Waals surface area contributed by atoms with Gasteiger partial charge in [0.05, 0.1) is 6.04 Å². The summed E-state index contributed by atoms with van der Waals surface area (Å²) in [5.41, 5.74) is 5.83. The van der Waals surface area contributed by atoms with E-state index in [1.165, 1.54) is 24.6 Å². The lowest BCUT2D eigenvalue weighted by molar-refractivity contribution is 0.423. The average Bonchev–Trinajstić information content (AvgIpc) is 3.09. The second-order valence-corrected chi connectivity index (χ2v) is 5.52. The highest BCUT2D eigenvalue weighted by Gasteiger charge is 2.22. The van der Waals surface area contributed by atoms with E-state index in [9.17, 15) is 0 Å². The first kappa shape index (κ1) is 13.0. The molecule has 1 aliphatic rings. The number of aromatic nitrogens is 6. The average molecular weight is 290 g/mol. The Morgan fingerprint density at radius 1 is 1.40 bits per heavy atom. The summed E-state index contributed by atoms with van der Waals surface area (Å²) in [6.07, 6.45) is 6.21. The Labute approximate surface area is 119 Å². The van der Waals surface area contributed by atoms with Crippen molar-refractivity contribution >= 4 is 17.6 Å². The van der Waals surface area contributed by atoms with Crippen LogP contribution in [0.15, 0.2) is 22.6 Å². The summed E-state index contributed by atoms with van der Waals surface area (Å²) in [6, 6.07) is 1.97. The van der Waals surface area contributed by atoms with Crippen molar-refractivity contribution in [2.24, 2.45) is 5.73 Å². The molecule has 2 aromatic heterocycles. The minimum Gasteiger partial charge on any atom is -0.382 e. The molecule has 0 radical (unpaired) electrons. The first-order valence-corrected chi connectivity index (χ1v) is 7.19. The van der Waals surface area contributed by atoms with Gasteiger partial charge in [-0.05, 0) is 41.1 Å². The lowest BCUT2D eigenvalue weighted by Crippen LogP contribution is -2.14. The summed E-state index contributed by atoms with van der Waals surface area (Å²) < 4.78 is 1.85. The topological polar surface area (TPSA) is 119 Å². The Bertz CT molecular complexity index is 618. The molecule has 8 nitrogen and oxygen atoms in total. The van der Waals surface area contributed by atoms with Gasteiger partial charge in [0.2, 0.25) is 5.16 Å². The zero-order chi connectivity index (χ0) is 13.9. The summed E-state index contributed by atoms with van der Waals surface area (Å²) in [6.45, 7) is 0. The Hall–Kier alpha value is -2.03. The summed E-state index contributed by atoms with van der Waals surface area (Å²) >= 11 is 1.29. The van der Waals surface area contributed by atoms with E-state index in [2.05, 4.69) is 25.5 Å². The maximum absolute atomic E-state index is 7.39. The number of nitrogens with zero attached hydrogens (tertiary/aromatic N) is 6. The maximum atomic E-state index is 7.39. The fraction of sp³-hybridized carbons (Fsp3) is 0.455. The lowest BCUT2D eigenvalue weighted by Gasteiger charge is -2.10. The largest absolute Gasteiger partial charge is 0.382 e. The minimum absolute atomic E-state index is 0.0790. The van der Waals surface area contributed by atoms with Crippen LogP contribution in [0, 0.1) is 5.41 Å². The molecule has 0 saturated heterocycles. The van der Waals surface area contributed by atoms with Gasteiger partial charge in [0.1, 0.15) is 11.5 Å². The standard InChI is InChI=1S/C11H14N8S/c12-9(13)8-5-6-14-10(15-8)20-11-16-17-18-19(11)7-3-1-2-4-7/h5-7H,1-4H2,(H3,12,13). The lowest BCUT2D eigenvalue weighted by atomic mass is 10.3. The van der Waals surface area contributed by atoms with Crippen LogP contribution < -0.4 is 5.73 Å². The molecule has 0 aliphatic heterocycles. The van der Waals surface area contributed by atoms with Crippen LogP contribution in [-0.4, -0.2) is 36.0 Å². The second kappa shape index (κ2) is 5.53. The van der Waals surface area contributed by atoms with Crippen molar-refractivity contribution in [2.75, 3.05) is 0 Å². The van der Waals surface area contributed by atoms with Gasteiger partial charge < -0.3 is 5.73 Å². The van der Waals surface area contributed by atoms with Gasteiger partial charge in [0, 0.05) is 6.20 Å². The summed E-state index contributed by atoms with van der Waals surface area (Å²) in [7, 11) is 0. The molecule has 9 heteroatoms. The van der Waals surface area contributed by atoms with E-state index >= 15 is 0 Å². The summed E-state index contributed by atoms with van der Waals surface area (Å²) in [5, 5.41) is 20.4. The van der Waals surface area contributed by atoms with Gasteiger partial charge >= 0.3 is 0 Å². The predicted octanol–water partition coefficient (Wildman–Crippen LogP) is 1.01. The highest BCUT2D eigenvalue weighted by atomic mass is 32.2. The van der Waals surface area contributed by atoms with Crippen LogP contribution in [0.1, 0.15) is 37.4 Å². The fourth-order valence-electron chi connectivity index (χ4n) is 2.25. The van der Waals surface area contributed by atoms with Crippen molar-refractivity contribution in [3.63, 3.8) is 0 Å². The van der Waals surface area contributed by atoms with Crippen LogP contribution in [-0.2, 0) is 0 Å². The van der Waals surface area contributed by atoms with Crippen molar-refractivity contribution in [3.05, 3.63) is 18.0 Å². The monoisotopic (exact) mass is 290 g/mol. The quantitative estimate of drug-likeness (QED) is 0.490. The van der Waals surface area contributed by atoms with E-state index in [1.54, 1.807) is 12.3 Å². The van der Waals surface area contributed by atoms with Gasteiger partial charge in [-0.1, -0.05) is 12.8 Å². The van der Waals surface area contributed by atoms with Gasteiger partial charge in [-0.2, -0.15) is 0 Å². The number of nitrogens with one attached hydrogen (secondary N) is 1. The number of nitrogen functional groups attached to an aromatic ring is 1. The van der Waals surface area contributed by atoms with Crippen LogP contribution in [0.5, 0.6) is 0 Å². The Morgan fingerprint density at radius 2 is 2.20 bits per heavy atom. The highest BCUT2D eigenvalue weighted by molar-refractivity contribution is 7.99. The van der Waals surface area contributed by atoms with Gasteiger partial charge in [-0.15, -0.1) is 5.10 Å². The van der Waals surface area contributed by atoms with E-state index in [1.807, 2.05) is 4.68 Å². The molecule has 0 bridgehead atoms. The number of tetrazole rings is 1. The molecule has 2 heterocycles. The molecule has 3 N–H and O–H groups in total. The molecule has 0 unspecified atom stereocenters. The zero-order valence-corrected chi connectivity index (χ0v) is 11.5. The molecular weight excluding hydrogens is 276 g/mol. The number of rotatable bonds is 4. The summed E-state index contributed by atoms with van der Waals surface area (Å²) in [5.74, 6) is -0.0790. The highest BCUT2D eigenvalue weighted by Crippen LogP contribution is 2.32. The van der Waals surface area contributed by atoms with Gasteiger partial charge in [-0.3, -0.25) is 5.41 Å². The molecule has 0 amide bonds. The smallest absolute Gasteiger partial charge is 0.217 e. The second-order valence-electron chi connectivity index (χ2n) is 4.58. The third-order valence-corrected chi connectivity index (χ3v) is 4.06. The van der Waals surface area contributed by atoms with E-state index < -0.39 is 0 Å². The first-order chi connectivity index (χ1) is 9.74. The summed E-state index contributed by atoms with van der Waals surface area (Å²) in [4.78, 5) is 8.36. The van der Waals surface area contributed by atoms with Crippen molar-refractivity contribution in [1.29, 1.82) is 5.41 Å². The molecular formula is C11H14N8S. The van der Waals surface area contributed by atoms with Crippen LogP contribution >= 0.6 is 11.8 Å². The molecule has 2 aromatic rings. The first-order valence-electron chi connectivity index (χ1n) is 6.37. The van der Waals surface area contributed by atoms with E-state index in [-0.39, 0.29) is 5.84 Å². The Morgan fingerprint density at radius 3 is 2.95 bits per heavy atom. The minimum atomic E-state index is -0.0790. The van der Waals surface area contributed by atoms with Crippen LogP contribution in [0.25, 0.3) is 0 Å². The van der Waals surface area contributed by atoms with Gasteiger partial charge in [-0.25, -0.2) is 14.6 Å². The maximum Gasteiger partial charge on any atom is 0.217 e. The molecule has 20 heavy (non-hydrogen) atoms. The van der Waals surface area contributed by atoms with Crippen molar-refractivity contribution in [2.45, 2.75) is 42.0 Å². The normalized spacial score (nSPS) is 15.6. The third kappa shape index (κ3) is 2.62. The van der Waals surface area contributed by atoms with Crippen LogP contribution in [0.3, 0.4) is 0 Å². The fourth-order valence-corrected chi connectivity index (χ4v) is 3.03. The molecule has 1 saturated carbocycles. The van der Waals surface area contributed by atoms with Crippen molar-refractivity contribution in [1.82, 2.24) is 30.2 Å².